The van der Waals surface area contributed by atoms with Crippen LogP contribution in [0.5, 0.6) is 0 Å². The number of imide groups is 1. The molecule has 0 aromatic heterocycles. The van der Waals surface area contributed by atoms with Gasteiger partial charge in [-0.25, -0.2) is 19.3 Å². The number of benzene rings is 1. The molecular weight excluding hydrogens is 480 g/mol. The lowest BCUT2D eigenvalue weighted by atomic mass is 9.88. The van der Waals surface area contributed by atoms with Crippen molar-refractivity contribution in [3.63, 3.8) is 0 Å². The Bertz CT molecular complexity index is 1100. The predicted octanol–water partition coefficient (Wildman–Crippen LogP) is -0.832. The molecule has 35 heavy (non-hydrogen) atoms. The Labute approximate surface area is 203 Å². The van der Waals surface area contributed by atoms with Crippen LogP contribution in [0.2, 0.25) is 0 Å². The number of hydrogen-bond donors (Lipinski definition) is 5. The van der Waals surface area contributed by atoms with E-state index in [1.165, 1.54) is 0 Å². The van der Waals surface area contributed by atoms with Crippen molar-refractivity contribution in [3.8, 4) is 0 Å². The van der Waals surface area contributed by atoms with Gasteiger partial charge in [0.25, 0.3) is 5.91 Å². The maximum atomic E-state index is 13.3. The third-order valence-corrected chi connectivity index (χ3v) is 7.94. The van der Waals surface area contributed by atoms with Gasteiger partial charge in [0.15, 0.2) is 0 Å². The maximum absolute atomic E-state index is 13.3. The number of thioether (sulfide) groups is 1. The molecule has 4 atom stereocenters. The van der Waals surface area contributed by atoms with E-state index in [-0.39, 0.29) is 19.5 Å². The summed E-state index contributed by atoms with van der Waals surface area (Å²) in [7, 11) is 0. The fourth-order valence-corrected chi connectivity index (χ4v) is 6.26. The highest BCUT2D eigenvalue weighted by Crippen LogP contribution is 2.55. The third-order valence-electron chi connectivity index (χ3n) is 6.33. The number of carboxylic acid groups (broad SMARTS) is 1. The Kier molecular flexibility index (Phi) is 6.09. The summed E-state index contributed by atoms with van der Waals surface area (Å²) in [6.45, 7) is 3.59. The highest BCUT2D eigenvalue weighted by Gasteiger charge is 2.73. The smallest absolute Gasteiger partial charge is 0.352 e. The second-order valence-corrected chi connectivity index (χ2v) is 10.4. The number of hydrogen-bond acceptors (Lipinski definition) is 7. The minimum Gasteiger partial charge on any atom is -0.478 e. The first-order valence-electron chi connectivity index (χ1n) is 10.7. The van der Waals surface area contributed by atoms with Crippen LogP contribution in [0.1, 0.15) is 25.5 Å². The molecule has 0 saturated carbocycles. The molecule has 3 saturated heterocycles. The van der Waals surface area contributed by atoms with Crippen LogP contribution in [-0.4, -0.2) is 86.1 Å². The van der Waals surface area contributed by atoms with Crippen molar-refractivity contribution in [2.75, 3.05) is 13.1 Å². The number of urea groups is 2. The second-order valence-electron chi connectivity index (χ2n) is 8.67. The largest absolute Gasteiger partial charge is 0.478 e. The molecule has 0 radical (unpaired) electrons. The number of amides is 7. The van der Waals surface area contributed by atoms with Crippen molar-refractivity contribution in [2.45, 2.75) is 41.7 Å². The van der Waals surface area contributed by atoms with Gasteiger partial charge >= 0.3 is 18.0 Å². The molecule has 3 aliphatic heterocycles. The summed E-state index contributed by atoms with van der Waals surface area (Å²) < 4.78 is -1.12. The van der Waals surface area contributed by atoms with Crippen LogP contribution in [0.15, 0.2) is 30.3 Å². The normalized spacial score (nSPS) is 27.3. The quantitative estimate of drug-likeness (QED) is 0.236. The van der Waals surface area contributed by atoms with Gasteiger partial charge in [-0.15, -0.1) is 11.8 Å². The number of fused-ring (bicyclic) bond motifs is 1. The number of carboxylic acids is 1. The zero-order valence-electron chi connectivity index (χ0n) is 18.8. The average Bonchev–Trinajstić information content (AvgIpc) is 3.34. The third kappa shape index (κ3) is 3.73. The van der Waals surface area contributed by atoms with Crippen molar-refractivity contribution < 1.29 is 33.9 Å². The Morgan fingerprint density at radius 1 is 1.23 bits per heavy atom. The number of nitrogens with zero attached hydrogens (tertiary/aromatic N) is 2. The minimum absolute atomic E-state index is 0.138. The molecule has 3 aliphatic rings. The molecule has 1 aromatic rings. The molecule has 0 bridgehead atoms. The standard InChI is InChI=1S/C21H24N6O7S/c1-20(2)21(17(31)32,23-10-28)27-15(30)13(16(27)35-20)24-14(29)12(11-6-4-3-5-7-11)25-19(34)26-9-8-22-18(26)33/h3-7,10,12-13,16H,8-9H2,1-2H3,(H,22,33)(H,23,28)(H,24,29)(H,25,34)(H,31,32)/t12?,13-,16-,21+/m1/s1. The van der Waals surface area contributed by atoms with E-state index in [2.05, 4.69) is 21.3 Å². The SMILES string of the molecule is CC1(C)S[C@@H]2[C@H](NC(=O)C(NC(=O)N3CCNC3=O)c3ccccc3)C(=O)N2[C@@]1(NC=O)C(=O)O. The monoisotopic (exact) mass is 504 g/mol. The summed E-state index contributed by atoms with van der Waals surface area (Å²) in [5.41, 5.74) is -1.57. The van der Waals surface area contributed by atoms with Crippen LogP contribution in [0.25, 0.3) is 0 Å². The van der Waals surface area contributed by atoms with E-state index in [9.17, 15) is 33.9 Å². The number of aliphatic carboxylic acids is 1. The molecule has 186 valence electrons. The van der Waals surface area contributed by atoms with Crippen LogP contribution < -0.4 is 21.3 Å². The van der Waals surface area contributed by atoms with Crippen LogP contribution >= 0.6 is 11.8 Å². The maximum Gasteiger partial charge on any atom is 0.352 e. The van der Waals surface area contributed by atoms with Crippen molar-refractivity contribution in [1.29, 1.82) is 0 Å². The van der Waals surface area contributed by atoms with Crippen molar-refractivity contribution in [2.24, 2.45) is 0 Å². The van der Waals surface area contributed by atoms with Gasteiger partial charge in [0, 0.05) is 13.1 Å². The number of carbonyl (C=O) groups excluding carboxylic acids is 5. The van der Waals surface area contributed by atoms with Crippen LogP contribution in [0, 0.1) is 0 Å². The first-order valence-corrected chi connectivity index (χ1v) is 11.6. The lowest BCUT2D eigenvalue weighted by Crippen LogP contribution is -2.79. The molecule has 3 heterocycles. The minimum atomic E-state index is -1.99. The van der Waals surface area contributed by atoms with Gasteiger partial charge in [-0.05, 0) is 19.4 Å². The van der Waals surface area contributed by atoms with E-state index in [1.807, 2.05) is 0 Å². The van der Waals surface area contributed by atoms with Gasteiger partial charge in [-0.2, -0.15) is 0 Å². The van der Waals surface area contributed by atoms with Gasteiger partial charge in [-0.1, -0.05) is 30.3 Å². The Morgan fingerprint density at radius 2 is 1.91 bits per heavy atom. The van der Waals surface area contributed by atoms with Crippen LogP contribution in [-0.2, 0) is 19.2 Å². The first kappa shape index (κ1) is 24.3. The molecule has 1 unspecified atom stereocenters. The molecule has 0 aliphatic carbocycles. The van der Waals surface area contributed by atoms with E-state index in [1.54, 1.807) is 44.2 Å². The predicted molar refractivity (Wildman–Crippen MR) is 122 cm³/mol. The molecule has 0 spiro atoms. The molecule has 1 aromatic carbocycles. The number of carbonyl (C=O) groups is 6. The average molecular weight is 505 g/mol. The number of rotatable bonds is 7. The Hall–Kier alpha value is -3.81. The fraction of sp³-hybridized carbons (Fsp3) is 0.429. The topological polar surface area (TPSA) is 177 Å². The van der Waals surface area contributed by atoms with E-state index >= 15 is 0 Å². The molecule has 7 amide bonds. The molecule has 3 fully saturated rings. The molecule has 13 nitrogen and oxygen atoms in total. The Balaban J connectivity index is 1.56. The van der Waals surface area contributed by atoms with E-state index in [4.69, 9.17) is 0 Å². The highest BCUT2D eigenvalue weighted by molar-refractivity contribution is 8.01. The van der Waals surface area contributed by atoms with Gasteiger partial charge in [0.2, 0.25) is 18.0 Å². The van der Waals surface area contributed by atoms with E-state index < -0.39 is 57.7 Å². The van der Waals surface area contributed by atoms with Crippen LogP contribution in [0.3, 0.4) is 0 Å². The summed E-state index contributed by atoms with van der Waals surface area (Å²) >= 11 is 1.13. The molecular formula is C21H24N6O7S. The number of β-lactam (4-membered cyclic amide) rings is 1. The summed E-state index contributed by atoms with van der Waals surface area (Å²) in [6.07, 6.45) is 0.230. The van der Waals surface area contributed by atoms with Crippen molar-refractivity contribution in [3.05, 3.63) is 35.9 Å². The first-order chi connectivity index (χ1) is 16.5. The lowest BCUT2D eigenvalue weighted by Gasteiger charge is -2.49. The zero-order chi connectivity index (χ0) is 25.5. The highest BCUT2D eigenvalue weighted by atomic mass is 32.2. The van der Waals surface area contributed by atoms with Gasteiger partial charge < -0.3 is 26.4 Å². The summed E-state index contributed by atoms with van der Waals surface area (Å²) in [6, 6.07) is 4.62. The van der Waals surface area contributed by atoms with Gasteiger partial charge in [-0.3, -0.25) is 19.3 Å². The van der Waals surface area contributed by atoms with Crippen molar-refractivity contribution in [1.82, 2.24) is 31.1 Å². The van der Waals surface area contributed by atoms with Crippen LogP contribution in [0.4, 0.5) is 9.59 Å². The second kappa shape index (κ2) is 8.76. The van der Waals surface area contributed by atoms with Crippen molar-refractivity contribution >= 4 is 48.0 Å². The van der Waals surface area contributed by atoms with Gasteiger partial charge in [0.1, 0.15) is 17.5 Å². The molecule has 5 N–H and O–H groups in total. The fourth-order valence-electron chi connectivity index (χ4n) is 4.55. The summed E-state index contributed by atoms with van der Waals surface area (Å²) in [5, 5.41) is 19.1. The zero-order valence-corrected chi connectivity index (χ0v) is 19.6. The lowest BCUT2D eigenvalue weighted by molar-refractivity contribution is -0.175. The summed E-state index contributed by atoms with van der Waals surface area (Å²) in [4.78, 5) is 76.2. The van der Waals surface area contributed by atoms with E-state index in [0.717, 1.165) is 21.6 Å². The summed E-state index contributed by atoms with van der Waals surface area (Å²) in [5.74, 6) is -2.80. The Morgan fingerprint density at radius 3 is 2.49 bits per heavy atom. The van der Waals surface area contributed by atoms with E-state index in [0.29, 0.717) is 5.56 Å². The number of nitrogens with one attached hydrogen (secondary N) is 4. The molecule has 4 rings (SSSR count). The van der Waals surface area contributed by atoms with Gasteiger partial charge in [0.05, 0.1) is 4.75 Å². The molecule has 14 heteroatoms.